The van der Waals surface area contributed by atoms with Gasteiger partial charge in [0.15, 0.2) is 0 Å². The molecule has 0 amide bonds. The molecule has 0 bridgehead atoms. The summed E-state index contributed by atoms with van der Waals surface area (Å²) in [5.41, 5.74) is 3.21. The van der Waals surface area contributed by atoms with Gasteiger partial charge in [-0.25, -0.2) is 0 Å². The monoisotopic (exact) mass is 226 g/mol. The van der Waals surface area contributed by atoms with E-state index in [9.17, 15) is 0 Å². The van der Waals surface area contributed by atoms with Gasteiger partial charge in [0.05, 0.1) is 0 Å². The Morgan fingerprint density at radius 3 is 2.88 bits per heavy atom. The summed E-state index contributed by atoms with van der Waals surface area (Å²) in [7, 11) is 0. The molecule has 0 heteroatoms. The van der Waals surface area contributed by atoms with E-state index in [-0.39, 0.29) is 5.41 Å². The van der Waals surface area contributed by atoms with Crippen LogP contribution in [0, 0.1) is 5.92 Å². The summed E-state index contributed by atoms with van der Waals surface area (Å²) >= 11 is 0. The van der Waals surface area contributed by atoms with Crippen LogP contribution in [-0.2, 0) is 11.8 Å². The van der Waals surface area contributed by atoms with Gasteiger partial charge in [-0.15, -0.1) is 6.58 Å². The van der Waals surface area contributed by atoms with Crippen LogP contribution in [0.5, 0.6) is 0 Å². The lowest BCUT2D eigenvalue weighted by molar-refractivity contribution is 0.315. The molecule has 0 saturated carbocycles. The highest BCUT2D eigenvalue weighted by atomic mass is 14.4. The number of hydrogen-bond acceptors (Lipinski definition) is 0. The molecule has 1 aromatic carbocycles. The van der Waals surface area contributed by atoms with Crippen LogP contribution in [0.3, 0.4) is 0 Å². The van der Waals surface area contributed by atoms with Gasteiger partial charge in [-0.2, -0.15) is 0 Å². The second kappa shape index (κ2) is 4.91. The Kier molecular flexibility index (Phi) is 3.51. The molecule has 0 N–H and O–H groups in total. The Bertz CT molecular complexity index is 427. The first kappa shape index (κ1) is 12.2. The van der Waals surface area contributed by atoms with Crippen molar-refractivity contribution in [1.82, 2.24) is 0 Å². The van der Waals surface area contributed by atoms with Gasteiger partial charge in [0.1, 0.15) is 0 Å². The van der Waals surface area contributed by atoms with Gasteiger partial charge in [-0.05, 0) is 41.7 Å². The zero-order chi connectivity index (χ0) is 12.3. The molecule has 0 saturated heterocycles. The van der Waals surface area contributed by atoms with Gasteiger partial charge in [0.25, 0.3) is 0 Å². The number of rotatable bonds is 2. The second-order valence-corrected chi connectivity index (χ2v) is 5.38. The van der Waals surface area contributed by atoms with E-state index in [1.165, 1.54) is 17.5 Å². The number of hydrogen-bond donors (Lipinski definition) is 0. The van der Waals surface area contributed by atoms with Crippen molar-refractivity contribution in [2.24, 2.45) is 5.92 Å². The smallest absolute Gasteiger partial charge is 0.000955 e. The lowest BCUT2D eigenvalue weighted by Crippen LogP contribution is -2.31. The van der Waals surface area contributed by atoms with E-state index >= 15 is 0 Å². The first-order valence-corrected chi connectivity index (χ1v) is 6.53. The summed E-state index contributed by atoms with van der Waals surface area (Å²) in [5.74, 6) is 0.651. The Morgan fingerprint density at radius 1 is 1.35 bits per heavy atom. The standard InChI is InChI=1S/C17H22/c1-4-13-17(3)14(2)9-5-6-10-15-11-7-8-12-16(15)17/h4-8,11-12,14H,1,9-10,13H2,2-3H3/b6-5-/t14?,17-/m1/s1. The molecule has 90 valence electrons. The predicted molar refractivity (Wildman–Crippen MR) is 75.2 cm³/mol. The van der Waals surface area contributed by atoms with Gasteiger partial charge in [-0.1, -0.05) is 56.3 Å². The summed E-state index contributed by atoms with van der Waals surface area (Å²) in [6, 6.07) is 8.87. The Hall–Kier alpha value is -1.30. The largest absolute Gasteiger partial charge is 0.103 e. The molecule has 0 nitrogen and oxygen atoms in total. The minimum absolute atomic E-state index is 0.225. The molecule has 0 aliphatic heterocycles. The predicted octanol–water partition coefficient (Wildman–Crippen LogP) is 4.66. The average Bonchev–Trinajstić information content (AvgIpc) is 2.33. The third-order valence-electron chi connectivity index (χ3n) is 4.28. The van der Waals surface area contributed by atoms with Crippen LogP contribution in [0.1, 0.15) is 37.8 Å². The summed E-state index contributed by atoms with van der Waals surface area (Å²) in [4.78, 5) is 0. The van der Waals surface area contributed by atoms with E-state index < -0.39 is 0 Å². The molecule has 0 fully saturated rings. The van der Waals surface area contributed by atoms with Gasteiger partial charge >= 0.3 is 0 Å². The van der Waals surface area contributed by atoms with E-state index in [0.717, 1.165) is 12.8 Å². The van der Waals surface area contributed by atoms with Crippen LogP contribution in [0.2, 0.25) is 0 Å². The highest BCUT2D eigenvalue weighted by molar-refractivity contribution is 5.37. The molecule has 0 heterocycles. The SMILES string of the molecule is C=CC[C@@]1(C)c2ccccc2C/C=C\CC1C. The Labute approximate surface area is 105 Å². The van der Waals surface area contributed by atoms with Crippen molar-refractivity contribution in [3.05, 3.63) is 60.2 Å². The first-order chi connectivity index (χ1) is 8.18. The lowest BCUT2D eigenvalue weighted by Gasteiger charge is -2.37. The van der Waals surface area contributed by atoms with E-state index in [1.807, 2.05) is 0 Å². The van der Waals surface area contributed by atoms with Crippen molar-refractivity contribution in [2.75, 3.05) is 0 Å². The highest BCUT2D eigenvalue weighted by Crippen LogP contribution is 2.40. The van der Waals surface area contributed by atoms with Crippen LogP contribution >= 0.6 is 0 Å². The molecule has 1 aliphatic carbocycles. The van der Waals surface area contributed by atoms with Gasteiger partial charge in [0.2, 0.25) is 0 Å². The first-order valence-electron chi connectivity index (χ1n) is 6.53. The van der Waals surface area contributed by atoms with Crippen molar-refractivity contribution in [3.8, 4) is 0 Å². The van der Waals surface area contributed by atoms with Gasteiger partial charge in [-0.3, -0.25) is 0 Å². The molecular weight excluding hydrogens is 204 g/mol. The third-order valence-corrected chi connectivity index (χ3v) is 4.28. The Balaban J connectivity index is 2.54. The number of benzene rings is 1. The minimum atomic E-state index is 0.225. The van der Waals surface area contributed by atoms with Crippen LogP contribution in [-0.4, -0.2) is 0 Å². The minimum Gasteiger partial charge on any atom is -0.103 e. The molecule has 0 spiro atoms. The quantitative estimate of drug-likeness (QED) is 0.643. The fourth-order valence-corrected chi connectivity index (χ4v) is 2.90. The van der Waals surface area contributed by atoms with Crippen molar-refractivity contribution in [2.45, 2.75) is 38.5 Å². The Morgan fingerprint density at radius 2 is 2.12 bits per heavy atom. The van der Waals surface area contributed by atoms with Crippen LogP contribution in [0.25, 0.3) is 0 Å². The van der Waals surface area contributed by atoms with E-state index in [1.54, 1.807) is 0 Å². The molecule has 0 aromatic heterocycles. The normalized spacial score (nSPS) is 29.9. The summed E-state index contributed by atoms with van der Waals surface area (Å²) in [6.45, 7) is 8.69. The second-order valence-electron chi connectivity index (χ2n) is 5.38. The molecule has 2 atom stereocenters. The maximum absolute atomic E-state index is 3.94. The molecule has 17 heavy (non-hydrogen) atoms. The number of fused-ring (bicyclic) bond motifs is 1. The zero-order valence-corrected chi connectivity index (χ0v) is 10.9. The van der Waals surface area contributed by atoms with Crippen molar-refractivity contribution in [3.63, 3.8) is 0 Å². The number of allylic oxidation sites excluding steroid dienone is 3. The molecular formula is C17H22. The van der Waals surface area contributed by atoms with Gasteiger partial charge in [0, 0.05) is 0 Å². The molecule has 1 unspecified atom stereocenters. The fourth-order valence-electron chi connectivity index (χ4n) is 2.90. The van der Waals surface area contributed by atoms with Crippen molar-refractivity contribution in [1.29, 1.82) is 0 Å². The van der Waals surface area contributed by atoms with Gasteiger partial charge < -0.3 is 0 Å². The summed E-state index contributed by atoms with van der Waals surface area (Å²) in [6.07, 6.45) is 10.00. The van der Waals surface area contributed by atoms with Crippen LogP contribution in [0.4, 0.5) is 0 Å². The molecule has 1 aliphatic rings. The lowest BCUT2D eigenvalue weighted by atomic mass is 9.66. The van der Waals surface area contributed by atoms with Crippen molar-refractivity contribution < 1.29 is 0 Å². The van der Waals surface area contributed by atoms with E-state index in [2.05, 4.69) is 62.9 Å². The molecule has 2 rings (SSSR count). The molecule has 0 radical (unpaired) electrons. The zero-order valence-electron chi connectivity index (χ0n) is 10.9. The maximum atomic E-state index is 3.94. The maximum Gasteiger partial charge on any atom is -0.000955 e. The van der Waals surface area contributed by atoms with Crippen LogP contribution < -0.4 is 0 Å². The summed E-state index contributed by atoms with van der Waals surface area (Å²) in [5, 5.41) is 0. The van der Waals surface area contributed by atoms with E-state index in [0.29, 0.717) is 5.92 Å². The van der Waals surface area contributed by atoms with Crippen molar-refractivity contribution >= 4 is 0 Å². The van der Waals surface area contributed by atoms with Crippen LogP contribution in [0.15, 0.2) is 49.1 Å². The average molecular weight is 226 g/mol. The third kappa shape index (κ3) is 2.22. The fraction of sp³-hybridized carbons (Fsp3) is 0.412. The summed E-state index contributed by atoms with van der Waals surface area (Å²) < 4.78 is 0. The topological polar surface area (TPSA) is 0 Å². The van der Waals surface area contributed by atoms with E-state index in [4.69, 9.17) is 0 Å². The molecule has 1 aromatic rings. The highest BCUT2D eigenvalue weighted by Gasteiger charge is 2.33.